The van der Waals surface area contributed by atoms with E-state index >= 15 is 0 Å². The number of ether oxygens (including phenoxy) is 1. The van der Waals surface area contributed by atoms with Crippen molar-refractivity contribution in [3.63, 3.8) is 0 Å². The summed E-state index contributed by atoms with van der Waals surface area (Å²) in [5.74, 6) is 1.41. The maximum atomic E-state index is 5.85. The van der Waals surface area contributed by atoms with E-state index < -0.39 is 0 Å². The second-order valence-corrected chi connectivity index (χ2v) is 4.42. The smallest absolute Gasteiger partial charge is 0.134 e. The molecule has 5 heteroatoms. The van der Waals surface area contributed by atoms with Crippen molar-refractivity contribution in [3.8, 4) is 0 Å². The highest BCUT2D eigenvalue weighted by Crippen LogP contribution is 2.15. The molecule has 0 aliphatic heterocycles. The maximum absolute atomic E-state index is 5.85. The van der Waals surface area contributed by atoms with Gasteiger partial charge in [-0.2, -0.15) is 0 Å². The molecule has 1 aromatic rings. The zero-order valence-corrected chi connectivity index (χ0v) is 10.7. The van der Waals surface area contributed by atoms with E-state index in [2.05, 4.69) is 28.7 Å². The standard InChI is InChI=1S/C11H18ClN3O/c1-9(2)7-15(4-5-16-3)11-6-10(12)13-8-14-11/h6,8-9H,4-5,7H2,1-3H3. The fourth-order valence-corrected chi connectivity index (χ4v) is 1.58. The molecule has 0 aromatic carbocycles. The van der Waals surface area contributed by atoms with E-state index in [1.165, 1.54) is 6.33 Å². The van der Waals surface area contributed by atoms with Gasteiger partial charge in [0.15, 0.2) is 0 Å². The van der Waals surface area contributed by atoms with Gasteiger partial charge in [-0.25, -0.2) is 9.97 Å². The SMILES string of the molecule is COCCN(CC(C)C)c1cc(Cl)ncn1. The van der Waals surface area contributed by atoms with Crippen LogP contribution in [0.1, 0.15) is 13.8 Å². The quantitative estimate of drug-likeness (QED) is 0.719. The minimum absolute atomic E-state index is 0.469. The van der Waals surface area contributed by atoms with E-state index in [0.29, 0.717) is 17.7 Å². The molecule has 1 heterocycles. The van der Waals surface area contributed by atoms with E-state index in [-0.39, 0.29) is 0 Å². The normalized spacial score (nSPS) is 10.8. The number of aromatic nitrogens is 2. The largest absolute Gasteiger partial charge is 0.383 e. The minimum atomic E-state index is 0.469. The molecular formula is C11H18ClN3O. The fraction of sp³-hybridized carbons (Fsp3) is 0.636. The summed E-state index contributed by atoms with van der Waals surface area (Å²) in [5.41, 5.74) is 0. The number of anilines is 1. The third-order valence-electron chi connectivity index (χ3n) is 2.09. The van der Waals surface area contributed by atoms with Crippen molar-refractivity contribution in [2.24, 2.45) is 5.92 Å². The van der Waals surface area contributed by atoms with Gasteiger partial charge in [-0.05, 0) is 5.92 Å². The van der Waals surface area contributed by atoms with Crippen LogP contribution in [-0.4, -0.2) is 36.8 Å². The predicted octanol–water partition coefficient (Wildman–Crippen LogP) is 2.24. The Hall–Kier alpha value is -0.870. The highest BCUT2D eigenvalue weighted by molar-refractivity contribution is 6.29. The summed E-state index contributed by atoms with van der Waals surface area (Å²) in [5, 5.41) is 0.469. The van der Waals surface area contributed by atoms with E-state index in [4.69, 9.17) is 16.3 Å². The lowest BCUT2D eigenvalue weighted by molar-refractivity contribution is 0.204. The van der Waals surface area contributed by atoms with Gasteiger partial charge in [0.05, 0.1) is 6.61 Å². The fourth-order valence-electron chi connectivity index (χ4n) is 1.44. The summed E-state index contributed by atoms with van der Waals surface area (Å²) in [6, 6.07) is 1.78. The van der Waals surface area contributed by atoms with Gasteiger partial charge in [-0.3, -0.25) is 0 Å². The topological polar surface area (TPSA) is 38.2 Å². The van der Waals surface area contributed by atoms with Crippen LogP contribution in [0, 0.1) is 5.92 Å². The van der Waals surface area contributed by atoms with Crippen molar-refractivity contribution in [3.05, 3.63) is 17.5 Å². The molecule has 0 radical (unpaired) electrons. The Labute approximate surface area is 102 Å². The van der Waals surface area contributed by atoms with Crippen molar-refractivity contribution in [1.29, 1.82) is 0 Å². The molecule has 0 unspecified atom stereocenters. The van der Waals surface area contributed by atoms with Gasteiger partial charge in [-0.1, -0.05) is 25.4 Å². The number of methoxy groups -OCH3 is 1. The highest BCUT2D eigenvalue weighted by Gasteiger charge is 2.10. The number of rotatable bonds is 6. The van der Waals surface area contributed by atoms with Crippen LogP contribution in [0.15, 0.2) is 12.4 Å². The van der Waals surface area contributed by atoms with Crippen molar-refractivity contribution in [2.75, 3.05) is 31.7 Å². The van der Waals surface area contributed by atoms with Crippen molar-refractivity contribution >= 4 is 17.4 Å². The summed E-state index contributed by atoms with van der Waals surface area (Å²) < 4.78 is 5.09. The molecule has 0 amide bonds. The lowest BCUT2D eigenvalue weighted by Gasteiger charge is -2.25. The van der Waals surface area contributed by atoms with Gasteiger partial charge in [-0.15, -0.1) is 0 Å². The van der Waals surface area contributed by atoms with Gasteiger partial charge in [0.1, 0.15) is 17.3 Å². The summed E-state index contributed by atoms with van der Waals surface area (Å²) >= 11 is 5.85. The Morgan fingerprint density at radius 2 is 2.19 bits per heavy atom. The lowest BCUT2D eigenvalue weighted by Crippen LogP contribution is -2.31. The second-order valence-electron chi connectivity index (χ2n) is 4.03. The zero-order valence-electron chi connectivity index (χ0n) is 9.98. The first kappa shape index (κ1) is 13.2. The van der Waals surface area contributed by atoms with Crippen LogP contribution in [0.5, 0.6) is 0 Å². The van der Waals surface area contributed by atoms with E-state index in [0.717, 1.165) is 18.9 Å². The number of halogens is 1. The first-order valence-electron chi connectivity index (χ1n) is 5.35. The van der Waals surface area contributed by atoms with Crippen LogP contribution in [0.4, 0.5) is 5.82 Å². The Morgan fingerprint density at radius 3 is 2.75 bits per heavy atom. The summed E-state index contributed by atoms with van der Waals surface area (Å²) in [6.45, 7) is 6.75. The Kier molecular flexibility index (Phi) is 5.49. The molecule has 0 fully saturated rings. The molecule has 1 rings (SSSR count). The summed E-state index contributed by atoms with van der Waals surface area (Å²) in [6.07, 6.45) is 1.48. The van der Waals surface area contributed by atoms with Crippen LogP contribution < -0.4 is 4.90 Å². The highest BCUT2D eigenvalue weighted by atomic mass is 35.5. The molecule has 16 heavy (non-hydrogen) atoms. The molecule has 0 saturated carbocycles. The van der Waals surface area contributed by atoms with E-state index in [9.17, 15) is 0 Å². The van der Waals surface area contributed by atoms with Gasteiger partial charge in [0.2, 0.25) is 0 Å². The van der Waals surface area contributed by atoms with Gasteiger partial charge >= 0.3 is 0 Å². The molecule has 4 nitrogen and oxygen atoms in total. The molecule has 0 bridgehead atoms. The third kappa shape index (κ3) is 4.33. The van der Waals surface area contributed by atoms with Gasteiger partial charge < -0.3 is 9.64 Å². The Balaban J connectivity index is 2.74. The van der Waals surface area contributed by atoms with E-state index in [1.807, 2.05) is 0 Å². The van der Waals surface area contributed by atoms with Crippen LogP contribution in [0.2, 0.25) is 5.15 Å². The summed E-state index contributed by atoms with van der Waals surface area (Å²) in [4.78, 5) is 10.3. The average molecular weight is 244 g/mol. The first-order valence-corrected chi connectivity index (χ1v) is 5.72. The number of hydrogen-bond acceptors (Lipinski definition) is 4. The Bertz CT molecular complexity index is 320. The average Bonchev–Trinajstić information content (AvgIpc) is 2.23. The van der Waals surface area contributed by atoms with Crippen LogP contribution in [-0.2, 0) is 4.74 Å². The third-order valence-corrected chi connectivity index (χ3v) is 2.30. The Morgan fingerprint density at radius 1 is 1.44 bits per heavy atom. The van der Waals surface area contributed by atoms with Gasteiger partial charge in [0, 0.05) is 26.3 Å². The molecule has 0 spiro atoms. The predicted molar refractivity (Wildman–Crippen MR) is 66.0 cm³/mol. The molecule has 90 valence electrons. The summed E-state index contributed by atoms with van der Waals surface area (Å²) in [7, 11) is 1.69. The lowest BCUT2D eigenvalue weighted by atomic mass is 10.2. The second kappa shape index (κ2) is 6.66. The first-order chi connectivity index (χ1) is 7.63. The number of hydrogen-bond donors (Lipinski definition) is 0. The monoisotopic (exact) mass is 243 g/mol. The molecule has 0 N–H and O–H groups in total. The maximum Gasteiger partial charge on any atom is 0.134 e. The van der Waals surface area contributed by atoms with Gasteiger partial charge in [0.25, 0.3) is 0 Å². The van der Waals surface area contributed by atoms with Crippen LogP contribution in [0.25, 0.3) is 0 Å². The molecular weight excluding hydrogens is 226 g/mol. The van der Waals surface area contributed by atoms with E-state index in [1.54, 1.807) is 13.2 Å². The van der Waals surface area contributed by atoms with Crippen LogP contribution in [0.3, 0.4) is 0 Å². The molecule has 0 atom stereocenters. The van der Waals surface area contributed by atoms with Crippen LogP contribution >= 0.6 is 11.6 Å². The molecule has 1 aromatic heterocycles. The van der Waals surface area contributed by atoms with Crippen molar-refractivity contribution in [2.45, 2.75) is 13.8 Å². The molecule has 0 aliphatic carbocycles. The molecule has 0 saturated heterocycles. The van der Waals surface area contributed by atoms with Crippen molar-refractivity contribution in [1.82, 2.24) is 9.97 Å². The number of nitrogens with zero attached hydrogens (tertiary/aromatic N) is 3. The minimum Gasteiger partial charge on any atom is -0.383 e. The molecule has 0 aliphatic rings. The van der Waals surface area contributed by atoms with Crippen molar-refractivity contribution < 1.29 is 4.74 Å². The zero-order chi connectivity index (χ0) is 12.0.